The number of hydrogen-bond donors (Lipinski definition) is 0. The lowest BCUT2D eigenvalue weighted by atomic mass is 10.4. The van der Waals surface area contributed by atoms with Gasteiger partial charge in [0.25, 0.3) is 6.43 Å². The van der Waals surface area contributed by atoms with Crippen LogP contribution in [0.3, 0.4) is 0 Å². The Morgan fingerprint density at radius 3 is 2.65 bits per heavy atom. The smallest absolute Gasteiger partial charge is 0.239 e. The molecule has 1 heterocycles. The van der Waals surface area contributed by atoms with E-state index >= 15 is 0 Å². The van der Waals surface area contributed by atoms with Crippen molar-refractivity contribution in [1.29, 1.82) is 0 Å². The standard InChI is InChI=1S/C9H10ClF2N3.C2H6/c1-3-7(10)14-15-6(9(11)12)5-13-8(15)4-2;1-2/h3,5,9H,1,4H2,2H3;1-2H3/b14-7+;. The van der Waals surface area contributed by atoms with Gasteiger partial charge in [0.05, 0.1) is 6.20 Å². The second-order valence-corrected chi connectivity index (χ2v) is 3.08. The van der Waals surface area contributed by atoms with Gasteiger partial charge >= 0.3 is 0 Å². The van der Waals surface area contributed by atoms with E-state index in [1.54, 1.807) is 6.92 Å². The minimum Gasteiger partial charge on any atom is -0.239 e. The van der Waals surface area contributed by atoms with Gasteiger partial charge in [0.15, 0.2) is 0 Å². The van der Waals surface area contributed by atoms with Crippen molar-refractivity contribution in [3.05, 3.63) is 30.4 Å². The average Bonchev–Trinajstić information content (AvgIpc) is 2.74. The number of rotatable bonds is 4. The molecule has 0 saturated carbocycles. The topological polar surface area (TPSA) is 30.2 Å². The third kappa shape index (κ3) is 4.26. The molecule has 0 spiro atoms. The third-order valence-corrected chi connectivity index (χ3v) is 1.97. The van der Waals surface area contributed by atoms with Gasteiger partial charge in [-0.25, -0.2) is 18.4 Å². The maximum Gasteiger partial charge on any atom is 0.282 e. The number of nitrogens with zero attached hydrogens (tertiary/aromatic N) is 3. The molecular formula is C11H16ClF2N3. The highest BCUT2D eigenvalue weighted by Crippen LogP contribution is 2.20. The highest BCUT2D eigenvalue weighted by atomic mass is 35.5. The van der Waals surface area contributed by atoms with E-state index < -0.39 is 6.43 Å². The van der Waals surface area contributed by atoms with Crippen LogP contribution in [0.25, 0.3) is 0 Å². The molecule has 0 aliphatic carbocycles. The van der Waals surface area contributed by atoms with Crippen molar-refractivity contribution >= 4 is 16.8 Å². The first-order chi connectivity index (χ1) is 8.10. The predicted molar refractivity (Wildman–Crippen MR) is 66.8 cm³/mol. The second-order valence-electron chi connectivity index (χ2n) is 2.69. The van der Waals surface area contributed by atoms with Gasteiger partial charge < -0.3 is 0 Å². The number of imidazole rings is 1. The molecular weight excluding hydrogens is 248 g/mol. The van der Waals surface area contributed by atoms with Crippen LogP contribution in [-0.2, 0) is 6.42 Å². The summed E-state index contributed by atoms with van der Waals surface area (Å²) < 4.78 is 26.1. The molecule has 96 valence electrons. The van der Waals surface area contributed by atoms with Crippen molar-refractivity contribution in [2.24, 2.45) is 5.10 Å². The van der Waals surface area contributed by atoms with Crippen LogP contribution < -0.4 is 0 Å². The lowest BCUT2D eigenvalue weighted by Gasteiger charge is -2.04. The van der Waals surface area contributed by atoms with Crippen molar-refractivity contribution in [2.75, 3.05) is 0 Å². The fourth-order valence-corrected chi connectivity index (χ4v) is 1.12. The van der Waals surface area contributed by atoms with Crippen LogP contribution in [0.4, 0.5) is 8.78 Å². The normalized spacial score (nSPS) is 11.1. The summed E-state index contributed by atoms with van der Waals surface area (Å²) in [6.07, 6.45) is 0.240. The predicted octanol–water partition coefficient (Wildman–Crippen LogP) is 4.00. The molecule has 0 bridgehead atoms. The molecule has 1 aromatic heterocycles. The molecule has 1 aromatic rings. The minimum absolute atomic E-state index is 0.0459. The van der Waals surface area contributed by atoms with E-state index in [2.05, 4.69) is 16.7 Å². The van der Waals surface area contributed by atoms with E-state index in [9.17, 15) is 8.78 Å². The van der Waals surface area contributed by atoms with Crippen LogP contribution in [0.1, 0.15) is 38.7 Å². The molecule has 0 unspecified atom stereocenters. The number of aryl methyl sites for hydroxylation is 1. The molecule has 0 fully saturated rings. The summed E-state index contributed by atoms with van der Waals surface area (Å²) in [6, 6.07) is 0. The molecule has 0 N–H and O–H groups in total. The molecule has 0 aliphatic heterocycles. The number of halogens is 3. The Labute approximate surface area is 105 Å². The Hall–Kier alpha value is -1.23. The van der Waals surface area contributed by atoms with Crippen molar-refractivity contribution in [1.82, 2.24) is 9.66 Å². The summed E-state index contributed by atoms with van der Waals surface area (Å²) >= 11 is 5.60. The lowest BCUT2D eigenvalue weighted by molar-refractivity contribution is 0.141. The van der Waals surface area contributed by atoms with Crippen molar-refractivity contribution in [2.45, 2.75) is 33.6 Å². The van der Waals surface area contributed by atoms with Gasteiger partial charge in [-0.3, -0.25) is 0 Å². The number of hydrogen-bond acceptors (Lipinski definition) is 2. The molecule has 0 aliphatic rings. The van der Waals surface area contributed by atoms with Gasteiger partial charge in [-0.1, -0.05) is 39.0 Å². The van der Waals surface area contributed by atoms with Crippen LogP contribution in [0.2, 0.25) is 0 Å². The Bertz CT molecular complexity index is 386. The monoisotopic (exact) mass is 263 g/mol. The van der Waals surface area contributed by atoms with Crippen LogP contribution in [0.15, 0.2) is 24.0 Å². The zero-order valence-electron chi connectivity index (χ0n) is 10.1. The molecule has 6 heteroatoms. The summed E-state index contributed by atoms with van der Waals surface area (Å²) in [7, 11) is 0. The summed E-state index contributed by atoms with van der Waals surface area (Å²) in [4.78, 5) is 3.83. The van der Waals surface area contributed by atoms with E-state index in [1.165, 1.54) is 6.08 Å². The van der Waals surface area contributed by atoms with E-state index in [1.807, 2.05) is 13.8 Å². The van der Waals surface area contributed by atoms with E-state index in [0.29, 0.717) is 12.2 Å². The van der Waals surface area contributed by atoms with Gasteiger partial charge in [0.2, 0.25) is 0 Å². The highest BCUT2D eigenvalue weighted by Gasteiger charge is 2.16. The molecule has 0 aromatic carbocycles. The fraction of sp³-hybridized carbons (Fsp3) is 0.455. The zero-order chi connectivity index (χ0) is 13.4. The molecule has 0 saturated heterocycles. The third-order valence-electron chi connectivity index (χ3n) is 1.74. The van der Waals surface area contributed by atoms with Crippen LogP contribution in [0, 0.1) is 0 Å². The SMILES string of the molecule is C=C/C(Cl)=N\n1c(C(F)F)cnc1CC.CC. The van der Waals surface area contributed by atoms with Gasteiger partial charge in [0, 0.05) is 6.42 Å². The summed E-state index contributed by atoms with van der Waals surface area (Å²) in [5.41, 5.74) is -0.271. The first-order valence-electron chi connectivity index (χ1n) is 5.31. The minimum atomic E-state index is -2.63. The van der Waals surface area contributed by atoms with E-state index in [-0.39, 0.29) is 10.9 Å². The van der Waals surface area contributed by atoms with Crippen molar-refractivity contribution < 1.29 is 8.78 Å². The average molecular weight is 264 g/mol. The molecule has 0 amide bonds. The van der Waals surface area contributed by atoms with E-state index in [0.717, 1.165) is 10.9 Å². The van der Waals surface area contributed by atoms with Gasteiger partial charge in [-0.2, -0.15) is 5.10 Å². The first-order valence-corrected chi connectivity index (χ1v) is 5.69. The summed E-state index contributed by atoms with van der Waals surface area (Å²) in [5, 5.41) is 3.81. The number of allylic oxidation sites excluding steroid dienone is 1. The molecule has 3 nitrogen and oxygen atoms in total. The van der Waals surface area contributed by atoms with Crippen molar-refractivity contribution in [3.63, 3.8) is 0 Å². The Morgan fingerprint density at radius 1 is 1.65 bits per heavy atom. The Morgan fingerprint density at radius 2 is 2.24 bits per heavy atom. The van der Waals surface area contributed by atoms with Crippen molar-refractivity contribution in [3.8, 4) is 0 Å². The largest absolute Gasteiger partial charge is 0.282 e. The Balaban J connectivity index is 0.00000121. The second kappa shape index (κ2) is 7.95. The highest BCUT2D eigenvalue weighted by molar-refractivity contribution is 6.68. The van der Waals surface area contributed by atoms with Gasteiger partial charge in [-0.05, 0) is 6.08 Å². The quantitative estimate of drug-likeness (QED) is 0.755. The summed E-state index contributed by atoms with van der Waals surface area (Å²) in [6.45, 7) is 9.18. The molecule has 0 atom stereocenters. The summed E-state index contributed by atoms with van der Waals surface area (Å²) in [5.74, 6) is 0.435. The maximum absolute atomic E-state index is 12.5. The Kier molecular flexibility index (Phi) is 7.37. The molecule has 17 heavy (non-hydrogen) atoms. The zero-order valence-corrected chi connectivity index (χ0v) is 10.9. The van der Waals surface area contributed by atoms with Gasteiger partial charge in [0.1, 0.15) is 16.7 Å². The first kappa shape index (κ1) is 15.8. The van der Waals surface area contributed by atoms with Gasteiger partial charge in [-0.15, -0.1) is 0 Å². The fourth-order valence-electron chi connectivity index (χ4n) is 1.04. The molecule has 1 rings (SSSR count). The van der Waals surface area contributed by atoms with Crippen LogP contribution >= 0.6 is 11.6 Å². The van der Waals surface area contributed by atoms with E-state index in [4.69, 9.17) is 11.6 Å². The molecule has 0 radical (unpaired) electrons. The maximum atomic E-state index is 12.5. The lowest BCUT2D eigenvalue weighted by Crippen LogP contribution is -2.03. The van der Waals surface area contributed by atoms with Crippen LogP contribution in [0.5, 0.6) is 0 Å². The number of aromatic nitrogens is 2. The van der Waals surface area contributed by atoms with Crippen LogP contribution in [-0.4, -0.2) is 14.8 Å². The number of alkyl halides is 2.